The number of Topliss-reactive ketones (excluding diaryl/α,β-unsaturated/α-hetero) is 1. The van der Waals surface area contributed by atoms with Gasteiger partial charge in [-0.25, -0.2) is 0 Å². The Bertz CT molecular complexity index is 810. The number of hydrogen-bond acceptors (Lipinski definition) is 3. The van der Waals surface area contributed by atoms with E-state index in [9.17, 15) is 9.59 Å². The van der Waals surface area contributed by atoms with Gasteiger partial charge in [0, 0.05) is 24.6 Å². The monoisotopic (exact) mass is 322 g/mol. The van der Waals surface area contributed by atoms with Crippen molar-refractivity contribution in [3.63, 3.8) is 0 Å². The second-order valence-electron chi connectivity index (χ2n) is 7.17. The third kappa shape index (κ3) is 2.71. The fourth-order valence-electron chi connectivity index (χ4n) is 3.62. The zero-order valence-electron chi connectivity index (χ0n) is 13.7. The average molecular weight is 322 g/mol. The third-order valence-electron chi connectivity index (χ3n) is 5.33. The summed E-state index contributed by atoms with van der Waals surface area (Å²) in [5, 5.41) is 2.21. The molecule has 4 nitrogen and oxygen atoms in total. The van der Waals surface area contributed by atoms with Gasteiger partial charge in [0.15, 0.2) is 5.78 Å². The van der Waals surface area contributed by atoms with Gasteiger partial charge in [0.25, 0.3) is 0 Å². The zero-order valence-corrected chi connectivity index (χ0v) is 13.7. The first kappa shape index (κ1) is 15.3. The van der Waals surface area contributed by atoms with Gasteiger partial charge >= 0.3 is 0 Å². The quantitative estimate of drug-likeness (QED) is 0.884. The third-order valence-corrected chi connectivity index (χ3v) is 5.33. The lowest BCUT2D eigenvalue weighted by atomic mass is 9.89. The molecule has 1 aliphatic carbocycles. The number of likely N-dealkylation sites (tertiary alicyclic amines) is 1. The van der Waals surface area contributed by atoms with Crippen molar-refractivity contribution in [3.8, 4) is 0 Å². The number of carbonyl (C=O) groups is 2. The van der Waals surface area contributed by atoms with Crippen molar-refractivity contribution in [1.82, 2.24) is 4.90 Å². The molecular weight excluding hydrogens is 300 g/mol. The summed E-state index contributed by atoms with van der Waals surface area (Å²) in [6.45, 7) is 1.22. The van der Waals surface area contributed by atoms with Crippen LogP contribution in [0, 0.1) is 5.92 Å². The minimum atomic E-state index is -0.645. The summed E-state index contributed by atoms with van der Waals surface area (Å²) in [6, 6.07) is 13.9. The highest BCUT2D eigenvalue weighted by Gasteiger charge is 2.49. The number of amides is 1. The van der Waals surface area contributed by atoms with E-state index >= 15 is 0 Å². The molecule has 0 radical (unpaired) electrons. The molecule has 2 aliphatic rings. The van der Waals surface area contributed by atoms with Crippen molar-refractivity contribution < 1.29 is 9.59 Å². The molecule has 2 aromatic rings. The molecule has 1 heterocycles. The smallest absolute Gasteiger partial charge is 0.242 e. The van der Waals surface area contributed by atoms with Crippen molar-refractivity contribution in [2.24, 2.45) is 11.7 Å². The van der Waals surface area contributed by atoms with E-state index in [4.69, 9.17) is 5.73 Å². The SMILES string of the molecule is NC1(C(=O)N2CCC[C@@H](C(=O)c3ccc4ccccc4c3)C2)CC1. The van der Waals surface area contributed by atoms with Crippen LogP contribution in [0.15, 0.2) is 42.5 Å². The maximum absolute atomic E-state index is 12.9. The van der Waals surface area contributed by atoms with E-state index in [1.165, 1.54) is 0 Å². The van der Waals surface area contributed by atoms with Gasteiger partial charge < -0.3 is 10.6 Å². The van der Waals surface area contributed by atoms with Crippen molar-refractivity contribution in [2.75, 3.05) is 13.1 Å². The van der Waals surface area contributed by atoms with Gasteiger partial charge in [-0.2, -0.15) is 0 Å². The van der Waals surface area contributed by atoms with Gasteiger partial charge in [-0.3, -0.25) is 9.59 Å². The van der Waals surface area contributed by atoms with E-state index in [2.05, 4.69) is 0 Å². The number of ketones is 1. The lowest BCUT2D eigenvalue weighted by molar-refractivity contribution is -0.135. The summed E-state index contributed by atoms with van der Waals surface area (Å²) in [4.78, 5) is 27.2. The van der Waals surface area contributed by atoms with E-state index < -0.39 is 5.54 Å². The standard InChI is InChI=1S/C20H22N2O2/c21-20(9-10-20)19(24)22-11-3-6-17(13-22)18(23)16-8-7-14-4-1-2-5-15(14)12-16/h1-2,4-5,7-8,12,17H,3,6,9-11,13,21H2/t17-/m1/s1. The number of rotatable bonds is 3. The molecule has 0 spiro atoms. The summed E-state index contributed by atoms with van der Waals surface area (Å²) < 4.78 is 0. The molecular formula is C20H22N2O2. The summed E-state index contributed by atoms with van der Waals surface area (Å²) >= 11 is 0. The lowest BCUT2D eigenvalue weighted by Crippen LogP contribution is -2.50. The fourth-order valence-corrected chi connectivity index (χ4v) is 3.62. The molecule has 4 rings (SSSR count). The Morgan fingerprint density at radius 3 is 2.58 bits per heavy atom. The highest BCUT2D eigenvalue weighted by atomic mass is 16.2. The van der Waals surface area contributed by atoms with Crippen molar-refractivity contribution in [1.29, 1.82) is 0 Å². The Labute approximate surface area is 141 Å². The van der Waals surface area contributed by atoms with Crippen LogP contribution in [0.2, 0.25) is 0 Å². The molecule has 4 heteroatoms. The predicted molar refractivity (Wildman–Crippen MR) is 93.7 cm³/mol. The van der Waals surface area contributed by atoms with Crippen LogP contribution in [0.3, 0.4) is 0 Å². The molecule has 24 heavy (non-hydrogen) atoms. The number of piperidine rings is 1. The minimum Gasteiger partial charge on any atom is -0.340 e. The minimum absolute atomic E-state index is 0.0264. The molecule has 1 atom stereocenters. The average Bonchev–Trinajstić information content (AvgIpc) is 3.39. The second-order valence-corrected chi connectivity index (χ2v) is 7.17. The highest BCUT2D eigenvalue weighted by molar-refractivity contribution is 6.01. The molecule has 1 saturated heterocycles. The Morgan fingerprint density at radius 1 is 1.08 bits per heavy atom. The van der Waals surface area contributed by atoms with Gasteiger partial charge in [0.2, 0.25) is 5.91 Å². The summed E-state index contributed by atoms with van der Waals surface area (Å²) in [5.41, 5.74) is 6.13. The zero-order chi connectivity index (χ0) is 16.7. The fraction of sp³-hybridized carbons (Fsp3) is 0.400. The van der Waals surface area contributed by atoms with Crippen LogP contribution in [0.4, 0.5) is 0 Å². The number of hydrogen-bond donors (Lipinski definition) is 1. The number of nitrogens with two attached hydrogens (primary N) is 1. The molecule has 124 valence electrons. The summed E-state index contributed by atoms with van der Waals surface area (Å²) in [5.74, 6) is 0.0462. The molecule has 2 N–H and O–H groups in total. The molecule has 1 saturated carbocycles. The van der Waals surface area contributed by atoms with Crippen LogP contribution >= 0.6 is 0 Å². The number of nitrogens with zero attached hydrogens (tertiary/aromatic N) is 1. The van der Waals surface area contributed by atoms with Gasteiger partial charge in [0.1, 0.15) is 0 Å². The van der Waals surface area contributed by atoms with Crippen LogP contribution < -0.4 is 5.73 Å². The first-order chi connectivity index (χ1) is 11.6. The normalized spacial score (nSPS) is 22.4. The topological polar surface area (TPSA) is 63.4 Å². The van der Waals surface area contributed by atoms with Crippen LogP contribution in [0.5, 0.6) is 0 Å². The van der Waals surface area contributed by atoms with Gasteiger partial charge in [-0.1, -0.05) is 36.4 Å². The van der Waals surface area contributed by atoms with E-state index in [0.29, 0.717) is 6.54 Å². The molecule has 2 aromatic carbocycles. The Balaban J connectivity index is 1.53. The maximum atomic E-state index is 12.9. The van der Waals surface area contributed by atoms with Crippen molar-refractivity contribution >= 4 is 22.5 Å². The molecule has 0 bridgehead atoms. The second kappa shape index (κ2) is 5.71. The largest absolute Gasteiger partial charge is 0.340 e. The predicted octanol–water partition coefficient (Wildman–Crippen LogP) is 2.75. The first-order valence-electron chi connectivity index (χ1n) is 8.68. The molecule has 2 fully saturated rings. The summed E-state index contributed by atoms with van der Waals surface area (Å²) in [7, 11) is 0. The summed E-state index contributed by atoms with van der Waals surface area (Å²) in [6.07, 6.45) is 3.25. The van der Waals surface area contributed by atoms with Gasteiger partial charge in [-0.15, -0.1) is 0 Å². The maximum Gasteiger partial charge on any atom is 0.242 e. The van der Waals surface area contributed by atoms with Crippen LogP contribution in [0.25, 0.3) is 10.8 Å². The number of fused-ring (bicyclic) bond motifs is 1. The lowest BCUT2D eigenvalue weighted by Gasteiger charge is -2.33. The van der Waals surface area contributed by atoms with E-state index in [-0.39, 0.29) is 17.6 Å². The van der Waals surface area contributed by atoms with Gasteiger partial charge in [0.05, 0.1) is 5.54 Å². The molecule has 0 aromatic heterocycles. The van der Waals surface area contributed by atoms with Crippen LogP contribution in [-0.2, 0) is 4.79 Å². The van der Waals surface area contributed by atoms with E-state index in [1.54, 1.807) is 4.90 Å². The Kier molecular flexibility index (Phi) is 3.65. The first-order valence-corrected chi connectivity index (χ1v) is 8.68. The van der Waals surface area contributed by atoms with E-state index in [0.717, 1.165) is 48.6 Å². The van der Waals surface area contributed by atoms with Crippen LogP contribution in [-0.4, -0.2) is 35.2 Å². The molecule has 1 amide bonds. The Hall–Kier alpha value is -2.20. The Morgan fingerprint density at radius 2 is 1.83 bits per heavy atom. The molecule has 0 unspecified atom stereocenters. The van der Waals surface area contributed by atoms with Crippen molar-refractivity contribution in [3.05, 3.63) is 48.0 Å². The van der Waals surface area contributed by atoms with Gasteiger partial charge in [-0.05, 0) is 42.5 Å². The molecule has 1 aliphatic heterocycles. The number of benzene rings is 2. The number of carbonyl (C=O) groups excluding carboxylic acids is 2. The highest BCUT2D eigenvalue weighted by Crippen LogP contribution is 2.35. The van der Waals surface area contributed by atoms with E-state index in [1.807, 2.05) is 42.5 Å². The van der Waals surface area contributed by atoms with Crippen molar-refractivity contribution in [2.45, 2.75) is 31.2 Å². The van der Waals surface area contributed by atoms with Crippen LogP contribution in [0.1, 0.15) is 36.0 Å².